The highest BCUT2D eigenvalue weighted by atomic mass is 16.3. The Morgan fingerprint density at radius 1 is 0.593 bits per heavy atom. The number of hydrogen-bond acceptors (Lipinski definition) is 2. The van der Waals surface area contributed by atoms with Crippen molar-refractivity contribution < 1.29 is 10.2 Å². The van der Waals surface area contributed by atoms with Crippen LogP contribution in [0.1, 0.15) is 115 Å². The molecule has 0 amide bonds. The lowest BCUT2D eigenvalue weighted by molar-refractivity contribution is 0.450. The second kappa shape index (κ2) is 16.7. The van der Waals surface area contributed by atoms with Crippen molar-refractivity contribution in [3.8, 4) is 11.5 Å². The summed E-state index contributed by atoms with van der Waals surface area (Å²) in [5.74, 6) is 0.225. The quantitative estimate of drug-likeness (QED) is 0.269. The van der Waals surface area contributed by atoms with Gasteiger partial charge in [-0.1, -0.05) is 109 Å². The SMILES string of the molecule is CCCCCCCCCCCCCCCCCC=Cc1cc(O)cc(O)c1. The summed E-state index contributed by atoms with van der Waals surface area (Å²) in [4.78, 5) is 0. The summed E-state index contributed by atoms with van der Waals surface area (Å²) in [5.41, 5.74) is 0.855. The van der Waals surface area contributed by atoms with E-state index in [1.807, 2.05) is 6.08 Å². The standard InChI is InChI=1S/C25H42O2/c1-2-3-4-5-6-7-8-9-10-11-12-13-14-15-16-17-18-19-23-20-24(26)22-25(27)21-23/h18-22,26-27H,2-17H2,1H3. The molecule has 0 spiro atoms. The van der Waals surface area contributed by atoms with E-state index in [-0.39, 0.29) is 11.5 Å². The van der Waals surface area contributed by atoms with Crippen LogP contribution in [0.4, 0.5) is 0 Å². The van der Waals surface area contributed by atoms with Crippen LogP contribution < -0.4 is 0 Å². The van der Waals surface area contributed by atoms with Gasteiger partial charge in [-0.2, -0.15) is 0 Å². The average molecular weight is 375 g/mol. The fraction of sp³-hybridized carbons (Fsp3) is 0.680. The Hall–Kier alpha value is -1.44. The molecule has 0 heterocycles. The summed E-state index contributed by atoms with van der Waals surface area (Å²) in [7, 11) is 0. The molecule has 1 rings (SSSR count). The molecule has 0 bridgehead atoms. The topological polar surface area (TPSA) is 40.5 Å². The third-order valence-electron chi connectivity index (χ3n) is 5.21. The van der Waals surface area contributed by atoms with Crippen molar-refractivity contribution in [1.29, 1.82) is 0 Å². The summed E-state index contributed by atoms with van der Waals surface area (Å²) < 4.78 is 0. The van der Waals surface area contributed by atoms with E-state index in [9.17, 15) is 10.2 Å². The lowest BCUT2D eigenvalue weighted by atomic mass is 10.0. The highest BCUT2D eigenvalue weighted by Gasteiger charge is 1.96. The van der Waals surface area contributed by atoms with Crippen LogP contribution in [-0.2, 0) is 0 Å². The molecule has 1 aromatic carbocycles. The van der Waals surface area contributed by atoms with Gasteiger partial charge in [-0.3, -0.25) is 0 Å². The highest BCUT2D eigenvalue weighted by molar-refractivity contribution is 5.54. The van der Waals surface area contributed by atoms with Crippen LogP contribution in [0.25, 0.3) is 6.08 Å². The van der Waals surface area contributed by atoms with Crippen molar-refractivity contribution in [3.05, 3.63) is 29.8 Å². The van der Waals surface area contributed by atoms with Gasteiger partial charge >= 0.3 is 0 Å². The molecule has 0 saturated heterocycles. The van der Waals surface area contributed by atoms with Crippen LogP contribution in [0.5, 0.6) is 11.5 Å². The summed E-state index contributed by atoms with van der Waals surface area (Å²) in [6.45, 7) is 2.28. The Morgan fingerprint density at radius 3 is 1.44 bits per heavy atom. The van der Waals surface area contributed by atoms with Crippen molar-refractivity contribution in [2.45, 2.75) is 110 Å². The highest BCUT2D eigenvalue weighted by Crippen LogP contribution is 2.21. The molecule has 0 aliphatic rings. The van der Waals surface area contributed by atoms with E-state index < -0.39 is 0 Å². The molecule has 0 aromatic heterocycles. The molecule has 27 heavy (non-hydrogen) atoms. The van der Waals surface area contributed by atoms with E-state index in [4.69, 9.17) is 0 Å². The Morgan fingerprint density at radius 2 is 1.00 bits per heavy atom. The minimum atomic E-state index is 0.113. The van der Waals surface area contributed by atoms with Crippen LogP contribution in [0.3, 0.4) is 0 Å². The van der Waals surface area contributed by atoms with E-state index in [0.717, 1.165) is 12.0 Å². The molecule has 2 N–H and O–H groups in total. The zero-order valence-electron chi connectivity index (χ0n) is 17.6. The molecule has 0 saturated carbocycles. The van der Waals surface area contributed by atoms with Crippen LogP contribution in [0.15, 0.2) is 24.3 Å². The van der Waals surface area contributed by atoms with E-state index in [1.165, 1.54) is 102 Å². The van der Waals surface area contributed by atoms with Gasteiger partial charge in [0, 0.05) is 6.07 Å². The van der Waals surface area contributed by atoms with Gasteiger partial charge in [0.1, 0.15) is 11.5 Å². The van der Waals surface area contributed by atoms with Crippen molar-refractivity contribution in [1.82, 2.24) is 0 Å². The Bertz CT molecular complexity index is 473. The van der Waals surface area contributed by atoms with Crippen LogP contribution in [0, 0.1) is 0 Å². The number of aromatic hydroxyl groups is 2. The second-order valence-corrected chi connectivity index (χ2v) is 7.92. The molecular weight excluding hydrogens is 332 g/mol. The normalized spacial score (nSPS) is 11.4. The third kappa shape index (κ3) is 14.3. The fourth-order valence-electron chi connectivity index (χ4n) is 3.57. The predicted molar refractivity (Wildman–Crippen MR) is 118 cm³/mol. The first-order valence-corrected chi connectivity index (χ1v) is 11.4. The van der Waals surface area contributed by atoms with Crippen molar-refractivity contribution >= 4 is 6.08 Å². The van der Waals surface area contributed by atoms with Gasteiger partial charge in [0.25, 0.3) is 0 Å². The number of phenolic OH excluding ortho intramolecular Hbond substituents is 2. The number of benzene rings is 1. The number of allylic oxidation sites excluding steroid dienone is 1. The van der Waals surface area contributed by atoms with Gasteiger partial charge in [0.15, 0.2) is 0 Å². The van der Waals surface area contributed by atoms with Crippen molar-refractivity contribution in [2.75, 3.05) is 0 Å². The smallest absolute Gasteiger partial charge is 0.119 e. The lowest BCUT2D eigenvalue weighted by Crippen LogP contribution is -1.83. The summed E-state index contributed by atoms with van der Waals surface area (Å²) in [5, 5.41) is 18.9. The number of phenols is 2. The maximum absolute atomic E-state index is 9.44. The van der Waals surface area contributed by atoms with Crippen LogP contribution in [-0.4, -0.2) is 10.2 Å². The molecule has 0 atom stereocenters. The molecule has 0 aliphatic carbocycles. The second-order valence-electron chi connectivity index (χ2n) is 7.92. The Labute approximate surface area is 167 Å². The zero-order valence-corrected chi connectivity index (χ0v) is 17.6. The minimum Gasteiger partial charge on any atom is -0.508 e. The van der Waals surface area contributed by atoms with E-state index >= 15 is 0 Å². The van der Waals surface area contributed by atoms with Gasteiger partial charge < -0.3 is 10.2 Å². The van der Waals surface area contributed by atoms with Gasteiger partial charge in [0.05, 0.1) is 0 Å². The lowest BCUT2D eigenvalue weighted by Gasteiger charge is -2.03. The number of rotatable bonds is 17. The first-order chi connectivity index (χ1) is 13.2. The van der Waals surface area contributed by atoms with Gasteiger partial charge in [0.2, 0.25) is 0 Å². The third-order valence-corrected chi connectivity index (χ3v) is 5.21. The van der Waals surface area contributed by atoms with E-state index in [2.05, 4.69) is 13.0 Å². The maximum atomic E-state index is 9.44. The average Bonchev–Trinajstić information content (AvgIpc) is 2.63. The molecule has 0 unspecified atom stereocenters. The zero-order chi connectivity index (χ0) is 19.6. The molecule has 2 heteroatoms. The molecule has 1 aromatic rings. The van der Waals surface area contributed by atoms with Gasteiger partial charge in [-0.05, 0) is 30.5 Å². The molecule has 0 aliphatic heterocycles. The van der Waals surface area contributed by atoms with Crippen LogP contribution >= 0.6 is 0 Å². The largest absolute Gasteiger partial charge is 0.508 e. The minimum absolute atomic E-state index is 0.113. The molecular formula is C25H42O2. The van der Waals surface area contributed by atoms with Crippen molar-refractivity contribution in [2.24, 2.45) is 0 Å². The van der Waals surface area contributed by atoms with Gasteiger partial charge in [-0.15, -0.1) is 0 Å². The van der Waals surface area contributed by atoms with E-state index in [1.54, 1.807) is 12.1 Å². The monoisotopic (exact) mass is 374 g/mol. The molecule has 0 fully saturated rings. The number of hydrogen-bond donors (Lipinski definition) is 2. The first kappa shape index (κ1) is 23.6. The molecule has 0 radical (unpaired) electrons. The summed E-state index contributed by atoms with van der Waals surface area (Å²) >= 11 is 0. The Kier molecular flexibility index (Phi) is 14.6. The molecule has 2 nitrogen and oxygen atoms in total. The Balaban J connectivity index is 1.83. The maximum Gasteiger partial charge on any atom is 0.119 e. The van der Waals surface area contributed by atoms with Crippen molar-refractivity contribution in [3.63, 3.8) is 0 Å². The predicted octanol–water partition coefficient (Wildman–Crippen LogP) is 8.37. The van der Waals surface area contributed by atoms with E-state index in [0.29, 0.717) is 0 Å². The summed E-state index contributed by atoms with van der Waals surface area (Å²) in [6, 6.07) is 4.69. The first-order valence-electron chi connectivity index (χ1n) is 11.4. The summed E-state index contributed by atoms with van der Waals surface area (Å²) in [6.07, 6.45) is 26.1. The molecule has 154 valence electrons. The van der Waals surface area contributed by atoms with Crippen LogP contribution in [0.2, 0.25) is 0 Å². The number of unbranched alkanes of at least 4 members (excludes halogenated alkanes) is 15. The van der Waals surface area contributed by atoms with Gasteiger partial charge in [-0.25, -0.2) is 0 Å². The fourth-order valence-corrected chi connectivity index (χ4v) is 3.57.